The number of rotatable bonds is 4. The van der Waals surface area contributed by atoms with Crippen LogP contribution in [0.2, 0.25) is 0 Å². The number of sulfonamides is 1. The molecule has 1 fully saturated rings. The van der Waals surface area contributed by atoms with Crippen LogP contribution in [0.3, 0.4) is 0 Å². The van der Waals surface area contributed by atoms with E-state index in [0.29, 0.717) is 19.1 Å². The molecule has 0 amide bonds. The zero-order valence-electron chi connectivity index (χ0n) is 10.2. The standard InChI is InChI=1S/C10H22N2O3S/c1-8(9(2)13)11-10-4-6-12(7-5-10)16(3,14)15/h8-11,13H,4-7H2,1-3H3. The van der Waals surface area contributed by atoms with Gasteiger partial charge in [0.15, 0.2) is 0 Å². The number of piperidine rings is 1. The van der Waals surface area contributed by atoms with Crippen LogP contribution in [0.4, 0.5) is 0 Å². The summed E-state index contributed by atoms with van der Waals surface area (Å²) in [4.78, 5) is 0. The third-order valence-corrected chi connectivity index (χ3v) is 4.45. The second-order valence-corrected chi connectivity index (χ2v) is 6.61. The van der Waals surface area contributed by atoms with Crippen molar-refractivity contribution in [2.45, 2.75) is 44.9 Å². The molecule has 0 saturated carbocycles. The second kappa shape index (κ2) is 5.44. The first-order valence-corrected chi connectivity index (χ1v) is 7.55. The molecule has 0 aliphatic carbocycles. The molecule has 0 aromatic carbocycles. The fourth-order valence-corrected chi connectivity index (χ4v) is 2.74. The van der Waals surface area contributed by atoms with Gasteiger partial charge >= 0.3 is 0 Å². The van der Waals surface area contributed by atoms with E-state index < -0.39 is 10.0 Å². The van der Waals surface area contributed by atoms with E-state index in [1.165, 1.54) is 10.6 Å². The lowest BCUT2D eigenvalue weighted by Gasteiger charge is -2.33. The summed E-state index contributed by atoms with van der Waals surface area (Å²) in [6.07, 6.45) is 2.49. The van der Waals surface area contributed by atoms with E-state index in [-0.39, 0.29) is 12.1 Å². The normalized spacial score (nSPS) is 24.2. The van der Waals surface area contributed by atoms with Gasteiger partial charge in [0, 0.05) is 25.2 Å². The SMILES string of the molecule is CC(O)C(C)NC1CCN(S(C)(=O)=O)CC1. The zero-order valence-corrected chi connectivity index (χ0v) is 11.0. The first-order valence-electron chi connectivity index (χ1n) is 5.70. The van der Waals surface area contributed by atoms with Crippen LogP contribution in [-0.2, 0) is 10.0 Å². The maximum absolute atomic E-state index is 11.3. The summed E-state index contributed by atoms with van der Waals surface area (Å²) >= 11 is 0. The molecule has 2 atom stereocenters. The summed E-state index contributed by atoms with van der Waals surface area (Å²) in [5, 5.41) is 12.7. The zero-order chi connectivity index (χ0) is 12.3. The van der Waals surface area contributed by atoms with Crippen molar-refractivity contribution >= 4 is 10.0 Å². The molecule has 6 heteroatoms. The largest absolute Gasteiger partial charge is 0.392 e. The molecule has 0 spiro atoms. The second-order valence-electron chi connectivity index (χ2n) is 4.63. The number of aliphatic hydroxyl groups is 1. The highest BCUT2D eigenvalue weighted by atomic mass is 32.2. The minimum absolute atomic E-state index is 0.0507. The van der Waals surface area contributed by atoms with Gasteiger partial charge in [-0.25, -0.2) is 12.7 Å². The number of nitrogens with zero attached hydrogens (tertiary/aromatic N) is 1. The van der Waals surface area contributed by atoms with E-state index >= 15 is 0 Å². The van der Waals surface area contributed by atoms with E-state index in [4.69, 9.17) is 0 Å². The minimum Gasteiger partial charge on any atom is -0.392 e. The third-order valence-electron chi connectivity index (χ3n) is 3.15. The van der Waals surface area contributed by atoms with Crippen LogP contribution in [0.15, 0.2) is 0 Å². The summed E-state index contributed by atoms with van der Waals surface area (Å²) in [6, 6.07) is 0.359. The Morgan fingerprint density at radius 2 is 1.81 bits per heavy atom. The predicted octanol–water partition coefficient (Wildman–Crippen LogP) is -0.231. The fraction of sp³-hybridized carbons (Fsp3) is 1.00. The van der Waals surface area contributed by atoms with Crippen molar-refractivity contribution in [1.82, 2.24) is 9.62 Å². The van der Waals surface area contributed by atoms with Crippen LogP contribution in [0.5, 0.6) is 0 Å². The maximum Gasteiger partial charge on any atom is 0.211 e. The Labute approximate surface area is 97.9 Å². The average molecular weight is 250 g/mol. The van der Waals surface area contributed by atoms with Crippen molar-refractivity contribution < 1.29 is 13.5 Å². The summed E-state index contributed by atoms with van der Waals surface area (Å²) in [5.41, 5.74) is 0. The van der Waals surface area contributed by atoms with Crippen LogP contribution in [0.1, 0.15) is 26.7 Å². The van der Waals surface area contributed by atoms with Gasteiger partial charge in [0.05, 0.1) is 12.4 Å². The Hall–Kier alpha value is -0.170. The molecule has 16 heavy (non-hydrogen) atoms. The molecule has 1 aliphatic heterocycles. The molecule has 0 aromatic heterocycles. The number of hydrogen-bond donors (Lipinski definition) is 2. The van der Waals surface area contributed by atoms with Crippen LogP contribution in [-0.4, -0.2) is 55.4 Å². The smallest absolute Gasteiger partial charge is 0.211 e. The number of aliphatic hydroxyl groups excluding tert-OH is 1. The molecule has 96 valence electrons. The van der Waals surface area contributed by atoms with Gasteiger partial charge in [-0.1, -0.05) is 0 Å². The lowest BCUT2D eigenvalue weighted by molar-refractivity contribution is 0.137. The lowest BCUT2D eigenvalue weighted by atomic mass is 10.0. The third kappa shape index (κ3) is 4.01. The van der Waals surface area contributed by atoms with Crippen LogP contribution in [0.25, 0.3) is 0 Å². The van der Waals surface area contributed by atoms with Gasteiger partial charge in [-0.3, -0.25) is 0 Å². The fourth-order valence-electron chi connectivity index (χ4n) is 1.87. The monoisotopic (exact) mass is 250 g/mol. The topological polar surface area (TPSA) is 69.6 Å². The van der Waals surface area contributed by atoms with E-state index in [9.17, 15) is 13.5 Å². The van der Waals surface area contributed by atoms with E-state index in [2.05, 4.69) is 5.32 Å². The summed E-state index contributed by atoms with van der Waals surface area (Å²) < 4.78 is 24.1. The Morgan fingerprint density at radius 1 is 1.31 bits per heavy atom. The van der Waals surface area contributed by atoms with E-state index in [1.54, 1.807) is 6.92 Å². The molecule has 0 bridgehead atoms. The highest BCUT2D eigenvalue weighted by Gasteiger charge is 2.25. The lowest BCUT2D eigenvalue weighted by Crippen LogP contribution is -2.49. The number of nitrogens with one attached hydrogen (secondary N) is 1. The molecule has 1 heterocycles. The molecular formula is C10H22N2O3S. The van der Waals surface area contributed by atoms with Gasteiger partial charge in [-0.05, 0) is 26.7 Å². The predicted molar refractivity (Wildman–Crippen MR) is 63.7 cm³/mol. The molecule has 2 unspecified atom stereocenters. The Bertz CT molecular complexity index is 308. The van der Waals surface area contributed by atoms with E-state index in [1.807, 2.05) is 6.92 Å². The van der Waals surface area contributed by atoms with Gasteiger partial charge in [0.1, 0.15) is 0 Å². The van der Waals surface area contributed by atoms with Crippen molar-refractivity contribution in [3.05, 3.63) is 0 Å². The van der Waals surface area contributed by atoms with Crippen molar-refractivity contribution in [2.75, 3.05) is 19.3 Å². The van der Waals surface area contributed by atoms with Gasteiger partial charge in [0.2, 0.25) is 10.0 Å². The molecule has 1 aliphatic rings. The summed E-state index contributed by atoms with van der Waals surface area (Å²) in [5.74, 6) is 0. The quantitative estimate of drug-likeness (QED) is 0.723. The van der Waals surface area contributed by atoms with Crippen LogP contribution < -0.4 is 5.32 Å². The molecular weight excluding hydrogens is 228 g/mol. The summed E-state index contributed by atoms with van der Waals surface area (Å²) in [7, 11) is -3.04. The maximum atomic E-state index is 11.3. The van der Waals surface area contributed by atoms with Crippen molar-refractivity contribution in [1.29, 1.82) is 0 Å². The highest BCUT2D eigenvalue weighted by molar-refractivity contribution is 7.88. The van der Waals surface area contributed by atoms with Gasteiger partial charge in [-0.2, -0.15) is 0 Å². The van der Waals surface area contributed by atoms with Crippen molar-refractivity contribution in [2.24, 2.45) is 0 Å². The molecule has 0 aromatic rings. The van der Waals surface area contributed by atoms with Gasteiger partial charge < -0.3 is 10.4 Å². The van der Waals surface area contributed by atoms with Crippen molar-refractivity contribution in [3.63, 3.8) is 0 Å². The molecule has 2 N–H and O–H groups in total. The molecule has 0 radical (unpaired) electrons. The van der Waals surface area contributed by atoms with Gasteiger partial charge in [0.25, 0.3) is 0 Å². The molecule has 5 nitrogen and oxygen atoms in total. The summed E-state index contributed by atoms with van der Waals surface area (Å²) in [6.45, 7) is 4.84. The molecule has 1 saturated heterocycles. The Balaban J connectivity index is 2.38. The average Bonchev–Trinajstić information content (AvgIpc) is 2.17. The highest BCUT2D eigenvalue weighted by Crippen LogP contribution is 2.14. The van der Waals surface area contributed by atoms with Gasteiger partial charge in [-0.15, -0.1) is 0 Å². The van der Waals surface area contributed by atoms with E-state index in [0.717, 1.165) is 12.8 Å². The first kappa shape index (κ1) is 13.9. The minimum atomic E-state index is -3.04. The van der Waals surface area contributed by atoms with Crippen LogP contribution in [0, 0.1) is 0 Å². The van der Waals surface area contributed by atoms with Crippen molar-refractivity contribution in [3.8, 4) is 0 Å². The number of hydrogen-bond acceptors (Lipinski definition) is 4. The Morgan fingerprint density at radius 3 is 2.19 bits per heavy atom. The van der Waals surface area contributed by atoms with Crippen LogP contribution >= 0.6 is 0 Å². The Kier molecular flexibility index (Phi) is 4.73. The molecule has 1 rings (SSSR count). The first-order chi connectivity index (χ1) is 7.30.